The third-order valence-electron chi connectivity index (χ3n) is 5.81. The molecule has 1 aromatic carbocycles. The number of fused-ring (bicyclic) bond motifs is 2. The van der Waals surface area contributed by atoms with Crippen LogP contribution >= 0.6 is 11.3 Å². The molecule has 28 heavy (non-hydrogen) atoms. The first-order valence-electron chi connectivity index (χ1n) is 9.71. The summed E-state index contributed by atoms with van der Waals surface area (Å²) in [6.45, 7) is 5.00. The zero-order valence-electron chi connectivity index (χ0n) is 15.8. The molecule has 0 fully saturated rings. The van der Waals surface area contributed by atoms with E-state index in [0.29, 0.717) is 6.04 Å². The first-order valence-corrected chi connectivity index (χ1v) is 10.5. The molecule has 2 aliphatic rings. The Morgan fingerprint density at radius 2 is 2.04 bits per heavy atom. The number of aromatic nitrogens is 3. The number of nitrogens with one attached hydrogen (secondary N) is 1. The SMILES string of the molecule is C[C@H](c1cnc2c(c1)OCC2)N1CCc2ccc(-c3n[nH]c(=O)s3)cc2CC1. The van der Waals surface area contributed by atoms with E-state index in [1.165, 1.54) is 16.7 Å². The molecule has 0 saturated carbocycles. The van der Waals surface area contributed by atoms with Crippen LogP contribution in [-0.4, -0.2) is 39.8 Å². The van der Waals surface area contributed by atoms with Crippen LogP contribution in [-0.2, 0) is 19.3 Å². The van der Waals surface area contributed by atoms with Gasteiger partial charge in [0.2, 0.25) is 0 Å². The topological polar surface area (TPSA) is 71.1 Å². The van der Waals surface area contributed by atoms with Crippen molar-refractivity contribution in [3.63, 3.8) is 0 Å². The van der Waals surface area contributed by atoms with Crippen molar-refractivity contribution in [2.24, 2.45) is 0 Å². The maximum atomic E-state index is 11.4. The van der Waals surface area contributed by atoms with Crippen LogP contribution in [0.25, 0.3) is 10.6 Å². The lowest BCUT2D eigenvalue weighted by atomic mass is 10.0. The van der Waals surface area contributed by atoms with Crippen LogP contribution in [0.1, 0.15) is 35.3 Å². The Balaban J connectivity index is 1.35. The van der Waals surface area contributed by atoms with E-state index in [4.69, 9.17) is 4.74 Å². The van der Waals surface area contributed by atoms with Crippen LogP contribution in [0.2, 0.25) is 0 Å². The van der Waals surface area contributed by atoms with Crippen molar-refractivity contribution in [1.29, 1.82) is 0 Å². The largest absolute Gasteiger partial charge is 0.491 e. The average molecular weight is 395 g/mol. The van der Waals surface area contributed by atoms with Crippen molar-refractivity contribution in [2.45, 2.75) is 32.2 Å². The van der Waals surface area contributed by atoms with E-state index in [0.717, 1.165) is 72.3 Å². The average Bonchev–Trinajstić information content (AvgIpc) is 3.30. The predicted octanol–water partition coefficient (Wildman–Crippen LogP) is 2.99. The van der Waals surface area contributed by atoms with Gasteiger partial charge < -0.3 is 4.74 Å². The minimum Gasteiger partial charge on any atom is -0.491 e. The quantitative estimate of drug-likeness (QED) is 0.739. The number of benzene rings is 1. The fourth-order valence-electron chi connectivity index (χ4n) is 4.11. The summed E-state index contributed by atoms with van der Waals surface area (Å²) in [6.07, 6.45) is 4.93. The highest BCUT2D eigenvalue weighted by atomic mass is 32.1. The Labute approximate surface area is 167 Å². The predicted molar refractivity (Wildman–Crippen MR) is 109 cm³/mol. The fourth-order valence-corrected chi connectivity index (χ4v) is 4.72. The summed E-state index contributed by atoms with van der Waals surface area (Å²) in [5.41, 5.74) is 6.05. The molecule has 3 aromatic rings. The van der Waals surface area contributed by atoms with Crippen LogP contribution in [0.15, 0.2) is 35.3 Å². The highest BCUT2D eigenvalue weighted by Crippen LogP contribution is 2.31. The molecule has 1 N–H and O–H groups in total. The Morgan fingerprint density at radius 3 is 2.86 bits per heavy atom. The molecule has 0 amide bonds. The summed E-state index contributed by atoms with van der Waals surface area (Å²) in [5, 5.41) is 7.38. The van der Waals surface area contributed by atoms with E-state index in [-0.39, 0.29) is 4.87 Å². The van der Waals surface area contributed by atoms with Crippen LogP contribution < -0.4 is 9.61 Å². The first kappa shape index (κ1) is 17.6. The van der Waals surface area contributed by atoms with Crippen LogP contribution in [0.3, 0.4) is 0 Å². The third-order valence-corrected chi connectivity index (χ3v) is 6.60. The van der Waals surface area contributed by atoms with Gasteiger partial charge >= 0.3 is 4.87 Å². The minimum atomic E-state index is -0.114. The molecular weight excluding hydrogens is 372 g/mol. The van der Waals surface area contributed by atoms with Gasteiger partial charge in [0.05, 0.1) is 12.3 Å². The lowest BCUT2D eigenvalue weighted by molar-refractivity contribution is 0.220. The molecule has 0 spiro atoms. The Bertz CT molecular complexity index is 1070. The van der Waals surface area contributed by atoms with Crippen molar-refractivity contribution in [3.05, 3.63) is 62.5 Å². The lowest BCUT2D eigenvalue weighted by Gasteiger charge is -2.27. The lowest BCUT2D eigenvalue weighted by Crippen LogP contribution is -2.29. The van der Waals surface area contributed by atoms with Crippen molar-refractivity contribution in [1.82, 2.24) is 20.1 Å². The van der Waals surface area contributed by atoms with Crippen molar-refractivity contribution < 1.29 is 4.74 Å². The minimum absolute atomic E-state index is 0.114. The Hall–Kier alpha value is -2.51. The van der Waals surface area contributed by atoms with Crippen molar-refractivity contribution in [3.8, 4) is 16.3 Å². The second-order valence-electron chi connectivity index (χ2n) is 7.43. The van der Waals surface area contributed by atoms with Crippen LogP contribution in [0.5, 0.6) is 5.75 Å². The summed E-state index contributed by atoms with van der Waals surface area (Å²) < 4.78 is 5.70. The molecule has 5 rings (SSSR count). The van der Waals surface area contributed by atoms with Gasteiger partial charge in [0.25, 0.3) is 0 Å². The molecule has 4 heterocycles. The summed E-state index contributed by atoms with van der Waals surface area (Å²) in [6, 6.07) is 8.92. The van der Waals surface area contributed by atoms with E-state index in [1.54, 1.807) is 0 Å². The van der Waals surface area contributed by atoms with E-state index in [9.17, 15) is 4.79 Å². The molecule has 0 bridgehead atoms. The number of ether oxygens (including phenoxy) is 1. The highest BCUT2D eigenvalue weighted by molar-refractivity contribution is 7.12. The van der Waals surface area contributed by atoms with Gasteiger partial charge in [0.1, 0.15) is 10.8 Å². The maximum Gasteiger partial charge on any atom is 0.322 e. The second-order valence-corrected chi connectivity index (χ2v) is 8.39. The molecule has 2 aromatic heterocycles. The Morgan fingerprint density at radius 1 is 1.18 bits per heavy atom. The second kappa shape index (κ2) is 7.14. The number of pyridine rings is 1. The smallest absolute Gasteiger partial charge is 0.322 e. The third kappa shape index (κ3) is 3.25. The molecular formula is C21H22N4O2S. The zero-order chi connectivity index (χ0) is 19.1. The van der Waals surface area contributed by atoms with Gasteiger partial charge in [-0.25, -0.2) is 5.10 Å². The number of rotatable bonds is 3. The monoisotopic (exact) mass is 394 g/mol. The Kier molecular flexibility index (Phi) is 4.49. The normalized spacial score (nSPS) is 17.5. The zero-order valence-corrected chi connectivity index (χ0v) is 16.6. The molecule has 1 atom stereocenters. The van der Waals surface area contributed by atoms with E-state index in [2.05, 4.69) is 51.3 Å². The first-order chi connectivity index (χ1) is 13.7. The standard InChI is InChI=1S/C21H22N4O2S/c1-13(17-11-19-18(22-12-17)6-9-27-19)25-7-4-14-2-3-16(10-15(14)5-8-25)20-23-24-21(26)28-20/h2-3,10-13H,4-9H2,1H3,(H,24,26)/t13-/m1/s1. The molecule has 2 aliphatic heterocycles. The van der Waals surface area contributed by atoms with E-state index >= 15 is 0 Å². The molecule has 0 aliphatic carbocycles. The summed E-state index contributed by atoms with van der Waals surface area (Å²) in [7, 11) is 0. The van der Waals surface area contributed by atoms with Gasteiger partial charge in [0, 0.05) is 37.3 Å². The molecule has 7 heteroatoms. The molecule has 0 unspecified atom stereocenters. The number of nitrogens with zero attached hydrogens (tertiary/aromatic N) is 3. The summed E-state index contributed by atoms with van der Waals surface area (Å²) in [4.78, 5) is 18.4. The number of hydrogen-bond donors (Lipinski definition) is 1. The van der Waals surface area contributed by atoms with Gasteiger partial charge in [0.15, 0.2) is 0 Å². The number of hydrogen-bond acceptors (Lipinski definition) is 6. The van der Waals surface area contributed by atoms with Gasteiger partial charge in [-0.15, -0.1) is 0 Å². The van der Waals surface area contributed by atoms with E-state index in [1.807, 2.05) is 6.20 Å². The van der Waals surface area contributed by atoms with Crippen molar-refractivity contribution in [2.75, 3.05) is 19.7 Å². The number of aromatic amines is 1. The van der Waals surface area contributed by atoms with Gasteiger partial charge in [-0.05, 0) is 48.6 Å². The highest BCUT2D eigenvalue weighted by Gasteiger charge is 2.23. The molecule has 0 radical (unpaired) electrons. The summed E-state index contributed by atoms with van der Waals surface area (Å²) in [5.74, 6) is 0.949. The number of H-pyrrole nitrogens is 1. The van der Waals surface area contributed by atoms with Gasteiger partial charge in [-0.3, -0.25) is 14.7 Å². The van der Waals surface area contributed by atoms with Crippen LogP contribution in [0.4, 0.5) is 0 Å². The van der Waals surface area contributed by atoms with Gasteiger partial charge in [-0.1, -0.05) is 23.5 Å². The molecule has 0 saturated heterocycles. The maximum absolute atomic E-state index is 11.4. The summed E-state index contributed by atoms with van der Waals surface area (Å²) >= 11 is 1.16. The fraction of sp³-hybridized carbons (Fsp3) is 0.381. The molecule has 6 nitrogen and oxygen atoms in total. The molecule has 144 valence electrons. The van der Waals surface area contributed by atoms with Crippen LogP contribution in [0, 0.1) is 0 Å². The van der Waals surface area contributed by atoms with Gasteiger partial charge in [-0.2, -0.15) is 5.10 Å². The van der Waals surface area contributed by atoms with E-state index < -0.39 is 0 Å². The van der Waals surface area contributed by atoms with Crippen molar-refractivity contribution >= 4 is 11.3 Å².